The normalized spacial score (nSPS) is 16.2. The van der Waals surface area contributed by atoms with Crippen LogP contribution in [-0.2, 0) is 14.8 Å². The van der Waals surface area contributed by atoms with Gasteiger partial charge in [0.05, 0.1) is 13.4 Å². The monoisotopic (exact) mass is 412 g/mol. The molecule has 0 saturated carbocycles. The van der Waals surface area contributed by atoms with Crippen LogP contribution in [0.3, 0.4) is 0 Å². The molecule has 2 aromatic rings. The maximum Gasteiger partial charge on any atom is 0.349 e. The molecule has 0 bridgehead atoms. The van der Waals surface area contributed by atoms with E-state index in [1.165, 1.54) is 23.7 Å². The van der Waals surface area contributed by atoms with Gasteiger partial charge in [-0.15, -0.1) is 11.3 Å². The summed E-state index contributed by atoms with van der Waals surface area (Å²) < 4.78 is 36.9. The minimum absolute atomic E-state index is 0.0342. The molecule has 0 radical (unpaired) electrons. The van der Waals surface area contributed by atoms with Crippen LogP contribution >= 0.6 is 11.3 Å². The van der Waals surface area contributed by atoms with Crippen LogP contribution in [-0.4, -0.2) is 50.8 Å². The van der Waals surface area contributed by atoms with Gasteiger partial charge in [0.2, 0.25) is 10.0 Å². The number of hydrogen-bond acceptors (Lipinski definition) is 7. The Hall–Kier alpha value is -2.17. The minimum Gasteiger partial charge on any atom is -0.465 e. The highest BCUT2D eigenvalue weighted by Gasteiger charge is 2.34. The number of sulfonamides is 1. The number of nitrogens with zero attached hydrogens (tertiary/aromatic N) is 1. The van der Waals surface area contributed by atoms with Crippen molar-refractivity contribution in [2.75, 3.05) is 20.2 Å². The van der Waals surface area contributed by atoms with E-state index in [-0.39, 0.29) is 40.6 Å². The Morgan fingerprint density at radius 2 is 2.00 bits per heavy atom. The van der Waals surface area contributed by atoms with Gasteiger partial charge in [-0.3, -0.25) is 4.79 Å². The highest BCUT2D eigenvalue weighted by atomic mass is 32.2. The second kappa shape index (κ2) is 7.83. The number of esters is 1. The van der Waals surface area contributed by atoms with E-state index in [9.17, 15) is 18.0 Å². The standard InChI is InChI=1S/C17H20N2O6S2/c1-11-5-9-25-14(11)16(20)18-12-3-7-19(8-4-12)27(22,23)13-6-10-26-15(13)17(21)24-2/h5-6,9-10,12H,3-4,7-8H2,1-2H3,(H,18,20). The highest BCUT2D eigenvalue weighted by Crippen LogP contribution is 2.28. The number of aryl methyl sites for hydroxylation is 1. The lowest BCUT2D eigenvalue weighted by atomic mass is 10.1. The molecule has 1 saturated heterocycles. The van der Waals surface area contributed by atoms with Crippen LogP contribution in [0.15, 0.2) is 33.1 Å². The summed E-state index contributed by atoms with van der Waals surface area (Å²) in [6, 6.07) is 2.99. The Balaban J connectivity index is 1.65. The lowest BCUT2D eigenvalue weighted by Crippen LogP contribution is -2.46. The number of piperidine rings is 1. The number of amides is 1. The van der Waals surface area contributed by atoms with Crippen molar-refractivity contribution in [1.82, 2.24) is 9.62 Å². The van der Waals surface area contributed by atoms with Crippen molar-refractivity contribution in [3.63, 3.8) is 0 Å². The Morgan fingerprint density at radius 1 is 1.30 bits per heavy atom. The summed E-state index contributed by atoms with van der Waals surface area (Å²) in [6.45, 7) is 2.29. The molecule has 3 heterocycles. The van der Waals surface area contributed by atoms with Gasteiger partial charge in [-0.2, -0.15) is 4.31 Å². The SMILES string of the molecule is COC(=O)c1sccc1S(=O)(=O)N1CCC(NC(=O)c2occc2C)CC1. The van der Waals surface area contributed by atoms with Crippen LogP contribution in [0.25, 0.3) is 0 Å². The van der Waals surface area contributed by atoms with Gasteiger partial charge < -0.3 is 14.5 Å². The van der Waals surface area contributed by atoms with Gasteiger partial charge in [-0.25, -0.2) is 13.2 Å². The van der Waals surface area contributed by atoms with Gasteiger partial charge in [0, 0.05) is 24.7 Å². The minimum atomic E-state index is -3.79. The second-order valence-electron chi connectivity index (χ2n) is 6.19. The fourth-order valence-electron chi connectivity index (χ4n) is 2.98. The van der Waals surface area contributed by atoms with E-state index >= 15 is 0 Å². The maximum absolute atomic E-state index is 12.9. The fourth-order valence-corrected chi connectivity index (χ4v) is 5.76. The molecular weight excluding hydrogens is 392 g/mol. The number of ether oxygens (including phenoxy) is 1. The predicted octanol–water partition coefficient (Wildman–Crippen LogP) is 2.02. The molecule has 1 aliphatic rings. The first kappa shape index (κ1) is 19.6. The summed E-state index contributed by atoms with van der Waals surface area (Å²) in [7, 11) is -2.58. The second-order valence-corrected chi connectivity index (χ2v) is 9.01. The van der Waals surface area contributed by atoms with Crippen molar-refractivity contribution in [1.29, 1.82) is 0 Å². The highest BCUT2D eigenvalue weighted by molar-refractivity contribution is 7.89. The number of hydrogen-bond donors (Lipinski definition) is 1. The van der Waals surface area contributed by atoms with Gasteiger partial charge in [-0.1, -0.05) is 0 Å². The first-order valence-electron chi connectivity index (χ1n) is 8.35. The Labute approximate surface area is 161 Å². The zero-order chi connectivity index (χ0) is 19.6. The van der Waals surface area contributed by atoms with E-state index in [0.717, 1.165) is 16.9 Å². The first-order chi connectivity index (χ1) is 12.8. The van der Waals surface area contributed by atoms with E-state index in [2.05, 4.69) is 10.1 Å². The molecule has 146 valence electrons. The van der Waals surface area contributed by atoms with Gasteiger partial charge in [0.1, 0.15) is 9.77 Å². The van der Waals surface area contributed by atoms with Gasteiger partial charge in [0.25, 0.3) is 5.91 Å². The Morgan fingerprint density at radius 3 is 2.59 bits per heavy atom. The molecule has 1 fully saturated rings. The third-order valence-corrected chi connectivity index (χ3v) is 7.44. The van der Waals surface area contributed by atoms with Crippen molar-refractivity contribution in [3.8, 4) is 0 Å². The average molecular weight is 412 g/mol. The third kappa shape index (κ3) is 3.92. The van der Waals surface area contributed by atoms with Crippen molar-refractivity contribution in [2.45, 2.75) is 30.7 Å². The van der Waals surface area contributed by atoms with Crippen LogP contribution in [0, 0.1) is 6.92 Å². The van der Waals surface area contributed by atoms with Gasteiger partial charge >= 0.3 is 5.97 Å². The van der Waals surface area contributed by atoms with E-state index < -0.39 is 16.0 Å². The maximum atomic E-state index is 12.9. The molecule has 1 N–H and O–H groups in total. The van der Waals surface area contributed by atoms with Gasteiger partial charge in [0.15, 0.2) is 5.76 Å². The fraction of sp³-hybridized carbons (Fsp3) is 0.412. The topological polar surface area (TPSA) is 106 Å². The number of furan rings is 1. The molecule has 0 aliphatic carbocycles. The van der Waals surface area contributed by atoms with E-state index in [4.69, 9.17) is 4.42 Å². The molecule has 8 nitrogen and oxygen atoms in total. The van der Waals surface area contributed by atoms with Crippen molar-refractivity contribution >= 4 is 33.2 Å². The predicted molar refractivity (Wildman–Crippen MR) is 98.4 cm³/mol. The lowest BCUT2D eigenvalue weighted by Gasteiger charge is -2.31. The largest absolute Gasteiger partial charge is 0.465 e. The van der Waals surface area contributed by atoms with E-state index in [1.807, 2.05) is 0 Å². The third-order valence-electron chi connectivity index (χ3n) is 4.48. The molecule has 0 aromatic carbocycles. The molecule has 1 amide bonds. The first-order valence-corrected chi connectivity index (χ1v) is 10.7. The molecule has 0 atom stereocenters. The van der Waals surface area contributed by atoms with Crippen molar-refractivity contribution in [2.24, 2.45) is 0 Å². The van der Waals surface area contributed by atoms with Crippen molar-refractivity contribution < 1.29 is 27.2 Å². The summed E-state index contributed by atoms with van der Waals surface area (Å²) in [6.07, 6.45) is 2.41. The summed E-state index contributed by atoms with van der Waals surface area (Å²) >= 11 is 1.03. The number of methoxy groups -OCH3 is 1. The number of carbonyl (C=O) groups is 2. The summed E-state index contributed by atoms with van der Waals surface area (Å²) in [5.74, 6) is -0.699. The molecule has 3 rings (SSSR count). The molecule has 1 aliphatic heterocycles. The smallest absolute Gasteiger partial charge is 0.349 e. The van der Waals surface area contributed by atoms with Crippen LogP contribution in [0.5, 0.6) is 0 Å². The van der Waals surface area contributed by atoms with E-state index in [0.29, 0.717) is 12.8 Å². The zero-order valence-corrected chi connectivity index (χ0v) is 16.6. The van der Waals surface area contributed by atoms with Crippen LogP contribution in [0.1, 0.15) is 38.6 Å². The van der Waals surface area contributed by atoms with Crippen LogP contribution < -0.4 is 5.32 Å². The Kier molecular flexibility index (Phi) is 5.68. The summed E-state index contributed by atoms with van der Waals surface area (Å²) in [5.41, 5.74) is 0.750. The molecule has 0 unspecified atom stereocenters. The van der Waals surface area contributed by atoms with E-state index in [1.54, 1.807) is 18.4 Å². The molecule has 2 aromatic heterocycles. The van der Waals surface area contributed by atoms with Crippen LogP contribution in [0.2, 0.25) is 0 Å². The average Bonchev–Trinajstić information content (AvgIpc) is 3.30. The van der Waals surface area contributed by atoms with Crippen LogP contribution in [0.4, 0.5) is 0 Å². The number of nitrogens with one attached hydrogen (secondary N) is 1. The van der Waals surface area contributed by atoms with Crippen molar-refractivity contribution in [3.05, 3.63) is 40.0 Å². The molecule has 27 heavy (non-hydrogen) atoms. The quantitative estimate of drug-likeness (QED) is 0.753. The Bertz CT molecular complexity index is 938. The number of carbonyl (C=O) groups excluding carboxylic acids is 2. The molecular formula is C17H20N2O6S2. The summed E-state index contributed by atoms with van der Waals surface area (Å²) in [5, 5.41) is 4.43. The summed E-state index contributed by atoms with van der Waals surface area (Å²) in [4.78, 5) is 24.0. The molecule has 10 heteroatoms. The number of thiophene rings is 1. The number of rotatable bonds is 5. The molecule has 0 spiro atoms. The van der Waals surface area contributed by atoms with Gasteiger partial charge in [-0.05, 0) is 37.3 Å². The zero-order valence-electron chi connectivity index (χ0n) is 14.9. The lowest BCUT2D eigenvalue weighted by molar-refractivity contribution is 0.0601.